The summed E-state index contributed by atoms with van der Waals surface area (Å²) in [5, 5.41) is 14.6. The quantitative estimate of drug-likeness (QED) is 0.626. The number of amides is 1. The highest BCUT2D eigenvalue weighted by molar-refractivity contribution is 9.10. The number of aromatic nitrogens is 1. The zero-order chi connectivity index (χ0) is 15.1. The second-order valence-corrected chi connectivity index (χ2v) is 5.44. The minimum Gasteiger partial charge on any atom is -0.376 e. The summed E-state index contributed by atoms with van der Waals surface area (Å²) in [4.78, 5) is 16.0. The molecule has 1 amide bonds. The fourth-order valence-electron chi connectivity index (χ4n) is 1.86. The number of hydrogen-bond donors (Lipinski definition) is 2. The van der Waals surface area contributed by atoms with Crippen LogP contribution in [0.25, 0.3) is 0 Å². The van der Waals surface area contributed by atoms with Crippen LogP contribution in [0.2, 0.25) is 0 Å². The first-order valence-corrected chi connectivity index (χ1v) is 7.36. The second kappa shape index (κ2) is 7.76. The van der Waals surface area contributed by atoms with Gasteiger partial charge in [-0.25, -0.2) is 4.98 Å². The number of nitriles is 1. The van der Waals surface area contributed by atoms with Crippen LogP contribution in [0.15, 0.2) is 34.6 Å². The van der Waals surface area contributed by atoms with Crippen molar-refractivity contribution in [3.63, 3.8) is 0 Å². The molecule has 0 spiro atoms. The molecule has 0 aromatic carbocycles. The highest BCUT2D eigenvalue weighted by Crippen LogP contribution is 2.12. The van der Waals surface area contributed by atoms with Crippen molar-refractivity contribution in [3.8, 4) is 6.07 Å². The lowest BCUT2D eigenvalue weighted by molar-refractivity contribution is -0.117. The minimum absolute atomic E-state index is 0.00212. The van der Waals surface area contributed by atoms with Gasteiger partial charge in [0.2, 0.25) is 0 Å². The largest absolute Gasteiger partial charge is 0.376 e. The molecule has 1 unspecified atom stereocenters. The maximum absolute atomic E-state index is 11.9. The second-order valence-electron chi connectivity index (χ2n) is 4.52. The number of rotatable bonds is 5. The van der Waals surface area contributed by atoms with Gasteiger partial charge in [-0.05, 0) is 40.9 Å². The van der Waals surface area contributed by atoms with E-state index >= 15 is 0 Å². The Morgan fingerprint density at radius 2 is 2.48 bits per heavy atom. The van der Waals surface area contributed by atoms with E-state index in [2.05, 4.69) is 31.5 Å². The van der Waals surface area contributed by atoms with Crippen LogP contribution in [0.4, 0.5) is 5.82 Å². The van der Waals surface area contributed by atoms with Gasteiger partial charge in [0.15, 0.2) is 0 Å². The number of nitrogens with one attached hydrogen (secondary N) is 2. The van der Waals surface area contributed by atoms with Crippen LogP contribution in [0.5, 0.6) is 0 Å². The van der Waals surface area contributed by atoms with E-state index in [1.54, 1.807) is 12.3 Å². The summed E-state index contributed by atoms with van der Waals surface area (Å²) < 4.78 is 6.26. The standard InChI is InChI=1S/C14H15BrN4O2/c15-11-3-4-13(18-8-11)17-7-10(6-16)14(20)19-9-12-2-1-5-21-12/h3-4,7-8,12H,1-2,5,9H2,(H,17,18)(H,19,20)/b10-7-. The maximum atomic E-state index is 11.9. The van der Waals surface area contributed by atoms with Crippen molar-refractivity contribution >= 4 is 27.7 Å². The Morgan fingerprint density at radius 3 is 3.10 bits per heavy atom. The number of ether oxygens (including phenoxy) is 1. The fourth-order valence-corrected chi connectivity index (χ4v) is 2.10. The molecule has 1 aliphatic rings. The zero-order valence-electron chi connectivity index (χ0n) is 11.3. The van der Waals surface area contributed by atoms with E-state index in [0.717, 1.165) is 23.9 Å². The third-order valence-corrected chi connectivity index (χ3v) is 3.44. The molecule has 1 aliphatic heterocycles. The van der Waals surface area contributed by atoms with Crippen molar-refractivity contribution in [1.82, 2.24) is 10.3 Å². The molecule has 7 heteroatoms. The molecule has 1 aromatic rings. The highest BCUT2D eigenvalue weighted by Gasteiger charge is 2.17. The van der Waals surface area contributed by atoms with Crippen molar-refractivity contribution in [2.75, 3.05) is 18.5 Å². The summed E-state index contributed by atoms with van der Waals surface area (Å²) in [5.74, 6) is 0.135. The third-order valence-electron chi connectivity index (χ3n) is 2.97. The van der Waals surface area contributed by atoms with Crippen molar-refractivity contribution in [1.29, 1.82) is 5.26 Å². The molecule has 1 fully saturated rings. The first-order chi connectivity index (χ1) is 10.2. The number of anilines is 1. The van der Waals surface area contributed by atoms with Crippen molar-refractivity contribution in [2.45, 2.75) is 18.9 Å². The Bertz CT molecular complexity index is 559. The lowest BCUT2D eigenvalue weighted by Crippen LogP contribution is -2.32. The Morgan fingerprint density at radius 1 is 1.62 bits per heavy atom. The van der Waals surface area contributed by atoms with Crippen LogP contribution in [0.1, 0.15) is 12.8 Å². The summed E-state index contributed by atoms with van der Waals surface area (Å²) in [7, 11) is 0. The minimum atomic E-state index is -0.419. The first-order valence-electron chi connectivity index (χ1n) is 6.57. The van der Waals surface area contributed by atoms with Crippen molar-refractivity contribution in [3.05, 3.63) is 34.6 Å². The van der Waals surface area contributed by atoms with Gasteiger partial charge in [0.25, 0.3) is 5.91 Å². The van der Waals surface area contributed by atoms with E-state index in [-0.39, 0.29) is 11.7 Å². The molecular weight excluding hydrogens is 336 g/mol. The van der Waals surface area contributed by atoms with E-state index < -0.39 is 5.91 Å². The van der Waals surface area contributed by atoms with E-state index in [1.165, 1.54) is 6.20 Å². The average molecular weight is 351 g/mol. The summed E-state index contributed by atoms with van der Waals surface area (Å²) in [6.45, 7) is 1.16. The van der Waals surface area contributed by atoms with Gasteiger partial charge < -0.3 is 15.4 Å². The lowest BCUT2D eigenvalue weighted by Gasteiger charge is -2.10. The molecule has 2 rings (SSSR count). The van der Waals surface area contributed by atoms with Crippen molar-refractivity contribution < 1.29 is 9.53 Å². The first kappa shape index (κ1) is 15.5. The van der Waals surface area contributed by atoms with Gasteiger partial charge in [0.1, 0.15) is 17.5 Å². The molecule has 1 atom stereocenters. The average Bonchev–Trinajstić information content (AvgIpc) is 3.01. The van der Waals surface area contributed by atoms with E-state index in [4.69, 9.17) is 10.00 Å². The summed E-state index contributed by atoms with van der Waals surface area (Å²) >= 11 is 3.28. The topological polar surface area (TPSA) is 87.0 Å². The van der Waals surface area contributed by atoms with E-state index in [0.29, 0.717) is 12.4 Å². The molecule has 2 heterocycles. The number of nitrogens with zero attached hydrogens (tertiary/aromatic N) is 2. The molecule has 1 aromatic heterocycles. The summed E-state index contributed by atoms with van der Waals surface area (Å²) in [5.41, 5.74) is -0.00212. The SMILES string of the molecule is N#C/C(=C/Nc1ccc(Br)cn1)C(=O)NCC1CCCO1. The molecule has 2 N–H and O–H groups in total. The Balaban J connectivity index is 1.88. The van der Waals surface area contributed by atoms with Gasteiger partial charge in [0, 0.05) is 30.0 Å². The highest BCUT2D eigenvalue weighted by atomic mass is 79.9. The molecule has 21 heavy (non-hydrogen) atoms. The normalized spacial score (nSPS) is 18.1. The molecule has 6 nitrogen and oxygen atoms in total. The molecule has 110 valence electrons. The van der Waals surface area contributed by atoms with Crippen LogP contribution in [-0.4, -0.2) is 30.1 Å². The Hall–Kier alpha value is -1.91. The predicted molar refractivity (Wildman–Crippen MR) is 81.2 cm³/mol. The molecule has 0 aliphatic carbocycles. The van der Waals surface area contributed by atoms with Crippen LogP contribution in [-0.2, 0) is 9.53 Å². The molecule has 0 radical (unpaired) electrons. The van der Waals surface area contributed by atoms with Crippen molar-refractivity contribution in [2.24, 2.45) is 0 Å². The third kappa shape index (κ3) is 4.85. The smallest absolute Gasteiger partial charge is 0.263 e. The summed E-state index contributed by atoms with van der Waals surface area (Å²) in [6, 6.07) is 5.42. The Kier molecular flexibility index (Phi) is 5.72. The molecule has 1 saturated heterocycles. The van der Waals surface area contributed by atoms with Crippen LogP contribution < -0.4 is 10.6 Å². The predicted octanol–water partition coefficient (Wildman–Crippen LogP) is 1.96. The van der Waals surface area contributed by atoms with Crippen LogP contribution >= 0.6 is 15.9 Å². The molecule has 0 saturated carbocycles. The number of halogens is 1. The van der Waals surface area contributed by atoms with Gasteiger partial charge in [-0.1, -0.05) is 0 Å². The maximum Gasteiger partial charge on any atom is 0.263 e. The van der Waals surface area contributed by atoms with Gasteiger partial charge >= 0.3 is 0 Å². The molecular formula is C14H15BrN4O2. The van der Waals surface area contributed by atoms with Gasteiger partial charge in [0.05, 0.1) is 6.10 Å². The lowest BCUT2D eigenvalue weighted by atomic mass is 10.2. The number of carbonyl (C=O) groups excluding carboxylic acids is 1. The molecule has 0 bridgehead atoms. The van der Waals surface area contributed by atoms with Crippen LogP contribution in [0, 0.1) is 11.3 Å². The number of carbonyl (C=O) groups is 1. The van der Waals surface area contributed by atoms with Gasteiger partial charge in [-0.15, -0.1) is 0 Å². The monoisotopic (exact) mass is 350 g/mol. The van der Waals surface area contributed by atoms with E-state index in [1.807, 2.05) is 12.1 Å². The number of hydrogen-bond acceptors (Lipinski definition) is 5. The van der Waals surface area contributed by atoms with Crippen LogP contribution in [0.3, 0.4) is 0 Å². The number of pyridine rings is 1. The van der Waals surface area contributed by atoms with Gasteiger partial charge in [-0.3, -0.25) is 4.79 Å². The summed E-state index contributed by atoms with van der Waals surface area (Å²) in [6.07, 6.45) is 4.97. The van der Waals surface area contributed by atoms with Gasteiger partial charge in [-0.2, -0.15) is 5.26 Å². The zero-order valence-corrected chi connectivity index (χ0v) is 12.9. The fraction of sp³-hybridized carbons (Fsp3) is 0.357. The van der Waals surface area contributed by atoms with E-state index in [9.17, 15) is 4.79 Å². The Labute approximate surface area is 131 Å².